The Balaban J connectivity index is 2.86. The Kier molecular flexibility index (Phi) is 1.58. The van der Waals surface area contributed by atoms with Crippen LogP contribution in [0.3, 0.4) is 0 Å². The number of hydrogen-bond acceptors (Lipinski definition) is 3. The van der Waals surface area contributed by atoms with E-state index in [9.17, 15) is 0 Å². The maximum absolute atomic E-state index is 5.53. The first kappa shape index (κ1) is 7.06. The van der Waals surface area contributed by atoms with Crippen molar-refractivity contribution in [2.24, 2.45) is 0 Å². The molecule has 11 heavy (non-hydrogen) atoms. The lowest BCUT2D eigenvalue weighted by atomic mass is 10.4. The van der Waals surface area contributed by atoms with Crippen LogP contribution in [0.1, 0.15) is 0 Å². The summed E-state index contributed by atoms with van der Waals surface area (Å²) >= 11 is 8.80. The standard InChI is InChI=1S/C6H2BrClN2O/c7-4-2-11-5-3(4)1-9-6(8)10-5/h1-2H. The molecule has 0 saturated carbocycles. The van der Waals surface area contributed by atoms with Gasteiger partial charge in [-0.2, -0.15) is 4.98 Å². The number of rotatable bonds is 0. The van der Waals surface area contributed by atoms with Crippen molar-refractivity contribution < 1.29 is 4.42 Å². The lowest BCUT2D eigenvalue weighted by molar-refractivity contribution is 0.600. The summed E-state index contributed by atoms with van der Waals surface area (Å²) in [5, 5.41) is 1.02. The van der Waals surface area contributed by atoms with Crippen molar-refractivity contribution in [3.8, 4) is 0 Å². The Hall–Kier alpha value is -0.610. The number of nitrogens with zero attached hydrogens (tertiary/aromatic N) is 2. The summed E-state index contributed by atoms with van der Waals surface area (Å²) in [6, 6.07) is 0. The Morgan fingerprint density at radius 2 is 2.36 bits per heavy atom. The summed E-state index contributed by atoms with van der Waals surface area (Å²) in [5.74, 6) is 0. The minimum absolute atomic E-state index is 0.194. The third-order valence-corrected chi connectivity index (χ3v) is 2.05. The quantitative estimate of drug-likeness (QED) is 0.657. The van der Waals surface area contributed by atoms with Gasteiger partial charge in [0.25, 0.3) is 0 Å². The van der Waals surface area contributed by atoms with E-state index in [0.717, 1.165) is 9.86 Å². The van der Waals surface area contributed by atoms with Gasteiger partial charge in [-0.05, 0) is 27.5 Å². The molecular weight excluding hydrogens is 231 g/mol. The molecule has 0 radical (unpaired) electrons. The second-order valence-electron chi connectivity index (χ2n) is 1.94. The van der Waals surface area contributed by atoms with Gasteiger partial charge in [-0.15, -0.1) is 0 Å². The molecule has 2 aromatic heterocycles. The zero-order valence-electron chi connectivity index (χ0n) is 5.21. The van der Waals surface area contributed by atoms with Crippen molar-refractivity contribution in [1.29, 1.82) is 0 Å². The summed E-state index contributed by atoms with van der Waals surface area (Å²) in [4.78, 5) is 7.66. The van der Waals surface area contributed by atoms with Gasteiger partial charge in [0.15, 0.2) is 0 Å². The van der Waals surface area contributed by atoms with Gasteiger partial charge in [-0.25, -0.2) is 4.98 Å². The number of hydrogen-bond donors (Lipinski definition) is 0. The molecule has 0 spiro atoms. The van der Waals surface area contributed by atoms with Gasteiger partial charge in [0.1, 0.15) is 6.26 Å². The van der Waals surface area contributed by atoms with Gasteiger partial charge >= 0.3 is 0 Å². The highest BCUT2D eigenvalue weighted by atomic mass is 79.9. The smallest absolute Gasteiger partial charge is 0.231 e. The zero-order chi connectivity index (χ0) is 7.84. The molecule has 5 heteroatoms. The van der Waals surface area contributed by atoms with E-state index < -0.39 is 0 Å². The van der Waals surface area contributed by atoms with Crippen molar-refractivity contribution in [3.05, 3.63) is 22.2 Å². The molecule has 2 heterocycles. The zero-order valence-corrected chi connectivity index (χ0v) is 7.56. The maximum atomic E-state index is 5.53. The molecule has 0 saturated heterocycles. The van der Waals surface area contributed by atoms with Crippen molar-refractivity contribution in [2.75, 3.05) is 0 Å². The van der Waals surface area contributed by atoms with Crippen molar-refractivity contribution in [2.45, 2.75) is 0 Å². The summed E-state index contributed by atoms with van der Waals surface area (Å²) in [6.45, 7) is 0. The molecule has 0 aromatic carbocycles. The molecule has 2 rings (SSSR count). The van der Waals surface area contributed by atoms with E-state index in [1.807, 2.05) is 0 Å². The maximum Gasteiger partial charge on any atom is 0.231 e. The summed E-state index contributed by atoms with van der Waals surface area (Å²) in [5.41, 5.74) is 0.497. The second kappa shape index (κ2) is 2.46. The minimum Gasteiger partial charge on any atom is -0.445 e. The van der Waals surface area contributed by atoms with Gasteiger partial charge in [0.05, 0.1) is 9.86 Å². The molecule has 0 amide bonds. The summed E-state index contributed by atoms with van der Waals surface area (Å²) < 4.78 is 5.88. The fourth-order valence-electron chi connectivity index (χ4n) is 0.771. The largest absolute Gasteiger partial charge is 0.445 e. The lowest BCUT2D eigenvalue weighted by Gasteiger charge is -1.86. The van der Waals surface area contributed by atoms with Gasteiger partial charge in [0, 0.05) is 6.20 Å². The van der Waals surface area contributed by atoms with E-state index in [0.29, 0.717) is 5.71 Å². The van der Waals surface area contributed by atoms with Crippen LogP contribution in [0.5, 0.6) is 0 Å². The van der Waals surface area contributed by atoms with Gasteiger partial charge in [-0.3, -0.25) is 0 Å². The number of furan rings is 1. The summed E-state index contributed by atoms with van der Waals surface area (Å²) in [6.07, 6.45) is 3.16. The Bertz CT molecular complexity index is 400. The molecule has 0 N–H and O–H groups in total. The van der Waals surface area contributed by atoms with E-state index in [2.05, 4.69) is 25.9 Å². The fourth-order valence-corrected chi connectivity index (χ4v) is 1.26. The third kappa shape index (κ3) is 1.12. The highest BCUT2D eigenvalue weighted by Crippen LogP contribution is 2.24. The number of fused-ring (bicyclic) bond motifs is 1. The second-order valence-corrected chi connectivity index (χ2v) is 3.13. The van der Waals surface area contributed by atoms with Crippen molar-refractivity contribution >= 4 is 38.6 Å². The average molecular weight is 233 g/mol. The van der Waals surface area contributed by atoms with Gasteiger partial charge < -0.3 is 4.42 Å². The van der Waals surface area contributed by atoms with Crippen molar-refractivity contribution in [3.63, 3.8) is 0 Å². The lowest BCUT2D eigenvalue weighted by Crippen LogP contribution is -1.79. The number of halogens is 2. The highest BCUT2D eigenvalue weighted by molar-refractivity contribution is 9.10. The normalized spacial score (nSPS) is 10.7. The predicted octanol–water partition coefficient (Wildman–Crippen LogP) is 2.64. The van der Waals surface area contributed by atoms with Crippen molar-refractivity contribution in [1.82, 2.24) is 9.97 Å². The molecule has 0 aliphatic heterocycles. The first-order chi connectivity index (χ1) is 5.27. The molecule has 0 aliphatic carbocycles. The third-order valence-electron chi connectivity index (χ3n) is 1.26. The minimum atomic E-state index is 0.194. The molecule has 0 unspecified atom stereocenters. The topological polar surface area (TPSA) is 38.9 Å². The van der Waals surface area contributed by atoms with Crippen LogP contribution in [0.15, 0.2) is 21.3 Å². The molecule has 0 aliphatic rings. The van der Waals surface area contributed by atoms with E-state index >= 15 is 0 Å². The van der Waals surface area contributed by atoms with Gasteiger partial charge in [0.2, 0.25) is 11.0 Å². The first-order valence-electron chi connectivity index (χ1n) is 2.82. The van der Waals surface area contributed by atoms with Gasteiger partial charge in [-0.1, -0.05) is 0 Å². The molecule has 56 valence electrons. The van der Waals surface area contributed by atoms with Crippen LogP contribution in [0, 0.1) is 0 Å². The molecule has 0 atom stereocenters. The SMILES string of the molecule is Clc1ncc2c(Br)coc2n1. The fraction of sp³-hybridized carbons (Fsp3) is 0. The van der Waals surface area contributed by atoms with Crippen LogP contribution in [-0.4, -0.2) is 9.97 Å². The van der Waals surface area contributed by atoms with Crippen LogP contribution in [0.4, 0.5) is 0 Å². The molecule has 0 fully saturated rings. The summed E-state index contributed by atoms with van der Waals surface area (Å²) in [7, 11) is 0. The Morgan fingerprint density at radius 1 is 1.55 bits per heavy atom. The molecular formula is C6H2BrClN2O. The van der Waals surface area contributed by atoms with Crippen LogP contribution in [0.25, 0.3) is 11.1 Å². The molecule has 3 nitrogen and oxygen atoms in total. The Morgan fingerprint density at radius 3 is 3.18 bits per heavy atom. The average Bonchev–Trinajstić information content (AvgIpc) is 2.32. The molecule has 2 aromatic rings. The van der Waals surface area contributed by atoms with Crippen LogP contribution < -0.4 is 0 Å². The van der Waals surface area contributed by atoms with Crippen LogP contribution >= 0.6 is 27.5 Å². The van der Waals surface area contributed by atoms with Crippen LogP contribution in [-0.2, 0) is 0 Å². The van der Waals surface area contributed by atoms with E-state index in [1.165, 1.54) is 0 Å². The predicted molar refractivity (Wildman–Crippen MR) is 44.5 cm³/mol. The van der Waals surface area contributed by atoms with E-state index in [4.69, 9.17) is 16.0 Å². The highest BCUT2D eigenvalue weighted by Gasteiger charge is 2.04. The van der Waals surface area contributed by atoms with E-state index in [1.54, 1.807) is 12.5 Å². The first-order valence-corrected chi connectivity index (χ1v) is 4.00. The number of aromatic nitrogens is 2. The van der Waals surface area contributed by atoms with Crippen LogP contribution in [0.2, 0.25) is 5.28 Å². The Labute approximate surface area is 75.5 Å². The monoisotopic (exact) mass is 232 g/mol. The van der Waals surface area contributed by atoms with E-state index in [-0.39, 0.29) is 5.28 Å². The molecule has 0 bridgehead atoms.